The zero-order chi connectivity index (χ0) is 22.0. The van der Waals surface area contributed by atoms with E-state index in [4.69, 9.17) is 14.2 Å². The van der Waals surface area contributed by atoms with Crippen LogP contribution < -0.4 is 4.74 Å². The average Bonchev–Trinajstić information content (AvgIpc) is 3.12. The first-order valence-corrected chi connectivity index (χ1v) is 11.9. The molecule has 6 nitrogen and oxygen atoms in total. The van der Waals surface area contributed by atoms with E-state index in [9.17, 15) is 4.79 Å². The fourth-order valence-electron chi connectivity index (χ4n) is 6.22. The highest BCUT2D eigenvalue weighted by molar-refractivity contribution is 9.10. The third-order valence-corrected chi connectivity index (χ3v) is 8.56. The number of fused-ring (bicyclic) bond motifs is 3. The predicted octanol–water partition coefficient (Wildman–Crippen LogP) is 5.02. The number of esters is 1. The Bertz CT molecular complexity index is 1020. The zero-order valence-electron chi connectivity index (χ0n) is 18.4. The Labute approximate surface area is 191 Å². The van der Waals surface area contributed by atoms with Crippen LogP contribution in [0.2, 0.25) is 0 Å². The second-order valence-electron chi connectivity index (χ2n) is 9.59. The van der Waals surface area contributed by atoms with Crippen molar-refractivity contribution in [3.8, 4) is 5.75 Å². The Balaban J connectivity index is 1.42. The van der Waals surface area contributed by atoms with Crippen LogP contribution in [0.3, 0.4) is 0 Å². The lowest BCUT2D eigenvalue weighted by Crippen LogP contribution is -2.66. The number of benzene rings is 1. The first-order chi connectivity index (χ1) is 14.8. The molecule has 2 bridgehead atoms. The van der Waals surface area contributed by atoms with Gasteiger partial charge in [0.15, 0.2) is 5.69 Å². The van der Waals surface area contributed by atoms with Crippen molar-refractivity contribution in [2.24, 2.45) is 23.2 Å². The van der Waals surface area contributed by atoms with Gasteiger partial charge in [0.05, 0.1) is 17.2 Å². The van der Waals surface area contributed by atoms with Crippen molar-refractivity contribution in [2.75, 3.05) is 13.2 Å². The van der Waals surface area contributed by atoms with Crippen LogP contribution in [0, 0.1) is 23.2 Å². The van der Waals surface area contributed by atoms with Crippen molar-refractivity contribution >= 4 is 21.9 Å². The second kappa shape index (κ2) is 7.34. The summed E-state index contributed by atoms with van der Waals surface area (Å²) in [4.78, 5) is 12.8. The smallest absolute Gasteiger partial charge is 0.360 e. The molecule has 1 aliphatic carbocycles. The van der Waals surface area contributed by atoms with Gasteiger partial charge in [-0.05, 0) is 54.1 Å². The van der Waals surface area contributed by atoms with Crippen LogP contribution >= 0.6 is 15.9 Å². The topological polar surface area (TPSA) is 62.6 Å². The molecule has 1 saturated heterocycles. The van der Waals surface area contributed by atoms with Gasteiger partial charge in [-0.2, -0.15) is 5.10 Å². The third kappa shape index (κ3) is 3.07. The number of hydrogen-bond donors (Lipinski definition) is 0. The van der Waals surface area contributed by atoms with Gasteiger partial charge in [-0.1, -0.05) is 32.0 Å². The quantitative estimate of drug-likeness (QED) is 0.565. The van der Waals surface area contributed by atoms with Crippen LogP contribution in [-0.2, 0) is 16.0 Å². The van der Waals surface area contributed by atoms with Crippen molar-refractivity contribution in [3.05, 3.63) is 46.2 Å². The molecule has 0 N–H and O–H groups in total. The van der Waals surface area contributed by atoms with Crippen LogP contribution in [0.4, 0.5) is 0 Å². The summed E-state index contributed by atoms with van der Waals surface area (Å²) < 4.78 is 21.4. The molecule has 2 fully saturated rings. The van der Waals surface area contributed by atoms with Gasteiger partial charge >= 0.3 is 5.97 Å². The van der Waals surface area contributed by atoms with E-state index in [2.05, 4.69) is 47.9 Å². The maximum absolute atomic E-state index is 12.8. The van der Waals surface area contributed by atoms with Gasteiger partial charge in [0.25, 0.3) is 0 Å². The Morgan fingerprint density at radius 1 is 1.35 bits per heavy atom. The number of para-hydroxylation sites is 1. The van der Waals surface area contributed by atoms with E-state index in [1.54, 1.807) is 10.9 Å². The zero-order valence-corrected chi connectivity index (χ0v) is 20.0. The lowest BCUT2D eigenvalue weighted by Gasteiger charge is -2.63. The molecule has 31 heavy (non-hydrogen) atoms. The van der Waals surface area contributed by atoms with E-state index in [0.29, 0.717) is 29.9 Å². The molecule has 6 atom stereocenters. The van der Waals surface area contributed by atoms with Gasteiger partial charge < -0.3 is 14.2 Å². The normalized spacial score (nSPS) is 35.8. The summed E-state index contributed by atoms with van der Waals surface area (Å²) in [6.45, 7) is 10.3. The van der Waals surface area contributed by atoms with Gasteiger partial charge in [0, 0.05) is 29.6 Å². The minimum absolute atomic E-state index is 0.00988. The summed E-state index contributed by atoms with van der Waals surface area (Å²) in [5, 5.41) is 4.33. The van der Waals surface area contributed by atoms with E-state index in [1.807, 2.05) is 25.1 Å². The molecule has 166 valence electrons. The SMILES string of the molecule is CCn1cc(Br)c(C(=O)OC[C@]23CO[C@@H]4c5ccccc5O[C@@](C)(C[C@@H]2C)[C@@H]4[C@@H]3C)n1. The van der Waals surface area contributed by atoms with Gasteiger partial charge in [-0.15, -0.1) is 0 Å². The molecule has 0 radical (unpaired) electrons. The van der Waals surface area contributed by atoms with Crippen molar-refractivity contribution in [1.82, 2.24) is 9.78 Å². The lowest BCUT2D eigenvalue weighted by molar-refractivity contribution is -0.259. The number of carbonyl (C=O) groups excluding carboxylic acids is 1. The molecule has 1 saturated carbocycles. The molecule has 0 spiro atoms. The molecule has 3 heterocycles. The largest absolute Gasteiger partial charge is 0.487 e. The van der Waals surface area contributed by atoms with Gasteiger partial charge in [-0.3, -0.25) is 4.68 Å². The molecular weight excluding hydrogens is 460 g/mol. The number of hydrogen-bond acceptors (Lipinski definition) is 5. The summed E-state index contributed by atoms with van der Waals surface area (Å²) in [5.41, 5.74) is 0.912. The highest BCUT2D eigenvalue weighted by Gasteiger charge is 2.64. The molecule has 2 aliphatic heterocycles. The van der Waals surface area contributed by atoms with Crippen molar-refractivity contribution in [3.63, 3.8) is 0 Å². The minimum Gasteiger partial charge on any atom is -0.487 e. The Morgan fingerprint density at radius 2 is 2.13 bits per heavy atom. The second-order valence-corrected chi connectivity index (χ2v) is 10.4. The van der Waals surface area contributed by atoms with Crippen LogP contribution in [-0.4, -0.2) is 34.6 Å². The standard InChI is InChI=1S/C24H29BrN2O4/c1-5-27-11-17(25)20(26-27)22(28)30-13-24-12-29-21-16-8-6-7-9-18(16)31-23(4,10-14(24)2)19(21)15(24)3/h6-9,11,14-15,19,21H,5,10,12-13H2,1-4H3/t14-,15-,19+,21+,23-,24+/m0/s1. The van der Waals surface area contributed by atoms with Crippen molar-refractivity contribution < 1.29 is 19.0 Å². The summed E-state index contributed by atoms with van der Waals surface area (Å²) in [6, 6.07) is 8.21. The third-order valence-electron chi connectivity index (χ3n) is 7.98. The van der Waals surface area contributed by atoms with E-state index in [-0.39, 0.29) is 34.9 Å². The fraction of sp³-hybridized carbons (Fsp3) is 0.583. The van der Waals surface area contributed by atoms with E-state index in [0.717, 1.165) is 17.7 Å². The van der Waals surface area contributed by atoms with Crippen LogP contribution in [0.25, 0.3) is 0 Å². The summed E-state index contributed by atoms with van der Waals surface area (Å²) in [6.07, 6.45) is 2.72. The fourth-order valence-corrected chi connectivity index (χ4v) is 6.70. The number of nitrogens with zero attached hydrogens (tertiary/aromatic N) is 2. The number of rotatable bonds is 4. The number of halogens is 1. The highest BCUT2D eigenvalue weighted by atomic mass is 79.9. The molecule has 5 rings (SSSR count). The maximum atomic E-state index is 12.8. The molecule has 0 unspecified atom stereocenters. The first-order valence-electron chi connectivity index (χ1n) is 11.1. The first kappa shape index (κ1) is 21.0. The molecule has 2 aromatic rings. The molecule has 3 aliphatic rings. The Kier molecular flexibility index (Phi) is 4.97. The van der Waals surface area contributed by atoms with Crippen LogP contribution in [0.5, 0.6) is 5.75 Å². The molecule has 0 amide bonds. The molecule has 1 aromatic heterocycles. The van der Waals surface area contributed by atoms with Crippen LogP contribution in [0.1, 0.15) is 56.3 Å². The van der Waals surface area contributed by atoms with Crippen LogP contribution in [0.15, 0.2) is 34.9 Å². The number of ether oxygens (including phenoxy) is 3. The summed E-state index contributed by atoms with van der Waals surface area (Å²) >= 11 is 3.43. The lowest BCUT2D eigenvalue weighted by atomic mass is 9.50. The average molecular weight is 489 g/mol. The highest BCUT2D eigenvalue weighted by Crippen LogP contribution is 2.63. The Hall–Kier alpha value is -1.86. The van der Waals surface area contributed by atoms with Crippen molar-refractivity contribution in [2.45, 2.75) is 52.4 Å². The minimum atomic E-state index is -0.395. The molecular formula is C24H29BrN2O4. The van der Waals surface area contributed by atoms with E-state index < -0.39 is 5.97 Å². The van der Waals surface area contributed by atoms with Crippen molar-refractivity contribution in [1.29, 1.82) is 0 Å². The maximum Gasteiger partial charge on any atom is 0.360 e. The van der Waals surface area contributed by atoms with Gasteiger partial charge in [0.1, 0.15) is 18.0 Å². The Morgan fingerprint density at radius 3 is 2.87 bits per heavy atom. The van der Waals surface area contributed by atoms with E-state index >= 15 is 0 Å². The molecule has 1 aromatic carbocycles. The molecule has 7 heteroatoms. The number of carbonyl (C=O) groups is 1. The predicted molar refractivity (Wildman–Crippen MR) is 119 cm³/mol. The van der Waals surface area contributed by atoms with Gasteiger partial charge in [0.2, 0.25) is 0 Å². The number of aryl methyl sites for hydroxylation is 1. The monoisotopic (exact) mass is 488 g/mol. The summed E-state index contributed by atoms with van der Waals surface area (Å²) in [5.74, 6) is 1.30. The summed E-state index contributed by atoms with van der Waals surface area (Å²) in [7, 11) is 0. The van der Waals surface area contributed by atoms with Gasteiger partial charge in [-0.25, -0.2) is 4.79 Å². The van der Waals surface area contributed by atoms with E-state index in [1.165, 1.54) is 0 Å². The number of aromatic nitrogens is 2.